The fourth-order valence-corrected chi connectivity index (χ4v) is 3.41. The van der Waals surface area contributed by atoms with Gasteiger partial charge in [0.05, 0.1) is 6.54 Å². The molecule has 27 heavy (non-hydrogen) atoms. The molecule has 4 rings (SSSR count). The summed E-state index contributed by atoms with van der Waals surface area (Å²) in [6, 6.07) is 17.5. The van der Waals surface area contributed by atoms with Gasteiger partial charge in [-0.1, -0.05) is 48.5 Å². The van der Waals surface area contributed by atoms with Crippen molar-refractivity contribution in [1.82, 2.24) is 14.8 Å². The van der Waals surface area contributed by atoms with Crippen molar-refractivity contribution in [2.45, 2.75) is 26.4 Å². The summed E-state index contributed by atoms with van der Waals surface area (Å²) in [6.07, 6.45) is 3.80. The van der Waals surface area contributed by atoms with Crippen LogP contribution in [-0.4, -0.2) is 21.4 Å². The molecule has 3 aromatic rings. The SMILES string of the molecule is CC(C)n1cc(C=C2NC(=O)N(Cc3ccccc3)C2=O)c2ccccc21. The highest BCUT2D eigenvalue weighted by atomic mass is 16.2. The second kappa shape index (κ2) is 6.76. The third-order valence-electron chi connectivity index (χ3n) is 4.77. The summed E-state index contributed by atoms with van der Waals surface area (Å²) in [5.41, 5.74) is 3.25. The molecule has 0 aliphatic carbocycles. The van der Waals surface area contributed by atoms with E-state index in [-0.39, 0.29) is 18.5 Å². The Balaban J connectivity index is 1.68. The number of fused-ring (bicyclic) bond motifs is 1. The Labute approximate surface area is 157 Å². The molecule has 1 N–H and O–H groups in total. The molecule has 0 atom stereocenters. The largest absolute Gasteiger partial charge is 0.344 e. The lowest BCUT2D eigenvalue weighted by molar-refractivity contribution is -0.123. The van der Waals surface area contributed by atoms with Crippen molar-refractivity contribution in [1.29, 1.82) is 0 Å². The summed E-state index contributed by atoms with van der Waals surface area (Å²) in [7, 11) is 0. The minimum atomic E-state index is -0.386. The molecule has 1 aliphatic heterocycles. The molecule has 1 saturated heterocycles. The summed E-state index contributed by atoms with van der Waals surface area (Å²) in [4.78, 5) is 26.3. The standard InChI is InChI=1S/C22H21N3O2/c1-15(2)24-14-17(18-10-6-7-11-20(18)24)12-19-21(26)25(22(27)23-19)13-16-8-4-3-5-9-16/h3-12,14-15H,13H2,1-2H3,(H,23,27). The van der Waals surface area contributed by atoms with Gasteiger partial charge in [-0.15, -0.1) is 0 Å². The van der Waals surface area contributed by atoms with Crippen LogP contribution in [-0.2, 0) is 11.3 Å². The van der Waals surface area contributed by atoms with Gasteiger partial charge in [-0.3, -0.25) is 9.69 Å². The van der Waals surface area contributed by atoms with Gasteiger partial charge in [0, 0.05) is 28.7 Å². The van der Waals surface area contributed by atoms with Crippen molar-refractivity contribution in [2.24, 2.45) is 0 Å². The van der Waals surface area contributed by atoms with Crippen LogP contribution in [0.15, 0.2) is 66.5 Å². The number of carbonyl (C=O) groups is 2. The first-order valence-corrected chi connectivity index (χ1v) is 9.02. The maximum atomic E-state index is 12.8. The maximum absolute atomic E-state index is 12.8. The number of hydrogen-bond acceptors (Lipinski definition) is 2. The monoisotopic (exact) mass is 359 g/mol. The molecule has 0 unspecified atom stereocenters. The molecule has 0 saturated carbocycles. The minimum Gasteiger partial charge on any atom is -0.344 e. The van der Waals surface area contributed by atoms with Crippen LogP contribution in [0.25, 0.3) is 17.0 Å². The average molecular weight is 359 g/mol. The van der Waals surface area contributed by atoms with Gasteiger partial charge in [0.15, 0.2) is 0 Å². The molecule has 136 valence electrons. The predicted molar refractivity (Wildman–Crippen MR) is 106 cm³/mol. The van der Waals surface area contributed by atoms with Crippen molar-refractivity contribution in [3.05, 3.63) is 77.6 Å². The Kier molecular flexibility index (Phi) is 4.28. The Hall–Kier alpha value is -3.34. The van der Waals surface area contributed by atoms with Gasteiger partial charge in [-0.25, -0.2) is 4.79 Å². The predicted octanol–water partition coefficient (Wildman–Crippen LogP) is 4.32. The zero-order chi connectivity index (χ0) is 19.0. The lowest BCUT2D eigenvalue weighted by Gasteiger charge is -2.11. The van der Waals surface area contributed by atoms with Crippen LogP contribution in [0.1, 0.15) is 31.0 Å². The van der Waals surface area contributed by atoms with E-state index in [9.17, 15) is 9.59 Å². The Bertz CT molecular complexity index is 1050. The van der Waals surface area contributed by atoms with Gasteiger partial charge in [0.1, 0.15) is 5.70 Å². The number of nitrogens with zero attached hydrogens (tertiary/aromatic N) is 2. The third kappa shape index (κ3) is 3.12. The molecule has 1 fully saturated rings. The van der Waals surface area contributed by atoms with E-state index in [0.717, 1.165) is 22.0 Å². The lowest BCUT2D eigenvalue weighted by atomic mass is 10.1. The molecular weight excluding hydrogens is 338 g/mol. The van der Waals surface area contributed by atoms with Crippen LogP contribution in [0.2, 0.25) is 0 Å². The van der Waals surface area contributed by atoms with Crippen LogP contribution in [0.4, 0.5) is 4.79 Å². The number of hydrogen-bond donors (Lipinski definition) is 1. The van der Waals surface area contributed by atoms with Crippen molar-refractivity contribution < 1.29 is 9.59 Å². The van der Waals surface area contributed by atoms with Crippen LogP contribution in [0.5, 0.6) is 0 Å². The number of rotatable bonds is 4. The van der Waals surface area contributed by atoms with Crippen LogP contribution < -0.4 is 5.32 Å². The molecule has 0 bridgehead atoms. The normalized spacial score (nSPS) is 16.0. The third-order valence-corrected chi connectivity index (χ3v) is 4.77. The number of amides is 3. The fraction of sp³-hybridized carbons (Fsp3) is 0.182. The first-order valence-electron chi connectivity index (χ1n) is 9.02. The molecule has 2 aromatic carbocycles. The summed E-state index contributed by atoms with van der Waals surface area (Å²) in [5.74, 6) is -0.301. The zero-order valence-corrected chi connectivity index (χ0v) is 15.3. The topological polar surface area (TPSA) is 54.3 Å². The lowest BCUT2D eigenvalue weighted by Crippen LogP contribution is -2.30. The van der Waals surface area contributed by atoms with Crippen LogP contribution >= 0.6 is 0 Å². The van der Waals surface area contributed by atoms with E-state index >= 15 is 0 Å². The fourth-order valence-electron chi connectivity index (χ4n) is 3.41. The number of benzene rings is 2. The van der Waals surface area contributed by atoms with Gasteiger partial charge >= 0.3 is 6.03 Å². The highest BCUT2D eigenvalue weighted by molar-refractivity contribution is 6.14. The van der Waals surface area contributed by atoms with E-state index in [2.05, 4.69) is 29.8 Å². The van der Waals surface area contributed by atoms with E-state index in [4.69, 9.17) is 0 Å². The summed E-state index contributed by atoms with van der Waals surface area (Å²) >= 11 is 0. The van der Waals surface area contributed by atoms with Crippen molar-refractivity contribution >= 4 is 28.9 Å². The van der Waals surface area contributed by atoms with E-state index < -0.39 is 0 Å². The number of imide groups is 1. The molecule has 1 aromatic heterocycles. The molecule has 2 heterocycles. The first kappa shape index (κ1) is 17.1. The number of aromatic nitrogens is 1. The van der Waals surface area contributed by atoms with Crippen LogP contribution in [0, 0.1) is 0 Å². The van der Waals surface area contributed by atoms with Gasteiger partial charge in [-0.05, 0) is 31.6 Å². The van der Waals surface area contributed by atoms with E-state index in [1.165, 1.54) is 4.90 Å². The molecule has 3 amide bonds. The smallest absolute Gasteiger partial charge is 0.329 e. The molecular formula is C22H21N3O2. The molecule has 0 spiro atoms. The zero-order valence-electron chi connectivity index (χ0n) is 15.3. The quantitative estimate of drug-likeness (QED) is 0.557. The van der Waals surface area contributed by atoms with Gasteiger partial charge in [-0.2, -0.15) is 0 Å². The number of urea groups is 1. The number of para-hydroxylation sites is 1. The Morgan fingerprint density at radius 2 is 1.70 bits per heavy atom. The Morgan fingerprint density at radius 3 is 2.44 bits per heavy atom. The second-order valence-electron chi connectivity index (χ2n) is 6.97. The maximum Gasteiger partial charge on any atom is 0.329 e. The molecule has 5 nitrogen and oxygen atoms in total. The minimum absolute atomic E-state index is 0.261. The van der Waals surface area contributed by atoms with E-state index in [1.807, 2.05) is 54.7 Å². The summed E-state index contributed by atoms with van der Waals surface area (Å²) in [5, 5.41) is 3.77. The van der Waals surface area contributed by atoms with Gasteiger partial charge in [0.25, 0.3) is 5.91 Å². The molecule has 1 aliphatic rings. The number of nitrogens with one attached hydrogen (secondary N) is 1. The van der Waals surface area contributed by atoms with Crippen molar-refractivity contribution in [3.8, 4) is 0 Å². The first-order chi connectivity index (χ1) is 13.0. The summed E-state index contributed by atoms with van der Waals surface area (Å²) in [6.45, 7) is 4.50. The Morgan fingerprint density at radius 1 is 1.00 bits per heavy atom. The molecule has 0 radical (unpaired) electrons. The van der Waals surface area contributed by atoms with Crippen molar-refractivity contribution in [2.75, 3.05) is 0 Å². The average Bonchev–Trinajstić information content (AvgIpc) is 3.16. The van der Waals surface area contributed by atoms with Crippen molar-refractivity contribution in [3.63, 3.8) is 0 Å². The van der Waals surface area contributed by atoms with Crippen LogP contribution in [0.3, 0.4) is 0 Å². The number of carbonyl (C=O) groups excluding carboxylic acids is 2. The highest BCUT2D eigenvalue weighted by Gasteiger charge is 2.33. The van der Waals surface area contributed by atoms with E-state index in [1.54, 1.807) is 6.08 Å². The highest BCUT2D eigenvalue weighted by Crippen LogP contribution is 2.27. The van der Waals surface area contributed by atoms with Gasteiger partial charge in [0.2, 0.25) is 0 Å². The summed E-state index contributed by atoms with van der Waals surface area (Å²) < 4.78 is 2.17. The van der Waals surface area contributed by atoms with E-state index in [0.29, 0.717) is 11.7 Å². The second-order valence-corrected chi connectivity index (χ2v) is 6.97. The van der Waals surface area contributed by atoms with Gasteiger partial charge < -0.3 is 9.88 Å². The molecule has 5 heteroatoms.